The first kappa shape index (κ1) is 17.4. The average molecular weight is 316 g/mol. The van der Waals surface area contributed by atoms with Gasteiger partial charge in [-0.3, -0.25) is 0 Å². The minimum absolute atomic E-state index is 0.00199. The smallest absolute Gasteiger partial charge is 0.352 e. The zero-order chi connectivity index (χ0) is 16.2. The first-order valence-electron chi connectivity index (χ1n) is 6.29. The van der Waals surface area contributed by atoms with Crippen molar-refractivity contribution in [3.05, 3.63) is 29.6 Å². The van der Waals surface area contributed by atoms with Crippen molar-refractivity contribution in [2.45, 2.75) is 18.7 Å². The van der Waals surface area contributed by atoms with Crippen molar-refractivity contribution in [3.63, 3.8) is 0 Å². The van der Waals surface area contributed by atoms with Gasteiger partial charge in [-0.2, -0.15) is 4.31 Å². The van der Waals surface area contributed by atoms with Crippen molar-refractivity contribution in [1.82, 2.24) is 9.29 Å². The molecule has 0 radical (unpaired) electrons. The summed E-state index contributed by atoms with van der Waals surface area (Å²) >= 11 is 0. The van der Waals surface area contributed by atoms with E-state index in [2.05, 4.69) is 11.6 Å². The summed E-state index contributed by atoms with van der Waals surface area (Å²) in [6, 6.07) is 0. The number of aryl methyl sites for hydroxylation is 1. The van der Waals surface area contributed by atoms with Crippen molar-refractivity contribution >= 4 is 16.0 Å². The Morgan fingerprint density at radius 1 is 1.48 bits per heavy atom. The lowest BCUT2D eigenvalue weighted by molar-refractivity contribution is 0.0690. The van der Waals surface area contributed by atoms with E-state index in [4.69, 9.17) is 9.84 Å². The number of nitrogens with zero attached hydrogens (tertiary/aromatic N) is 1. The number of sulfonamides is 1. The molecule has 0 aliphatic carbocycles. The SMILES string of the molecule is C=CCN(CCOC)S(=O)(=O)c1c(C)[nH]c(C(=O)O)c1C. The number of methoxy groups -OCH3 is 1. The predicted molar refractivity (Wildman–Crippen MR) is 78.1 cm³/mol. The lowest BCUT2D eigenvalue weighted by Gasteiger charge is -2.20. The number of aromatic carboxylic acids is 1. The molecule has 0 unspecified atom stereocenters. The van der Waals surface area contributed by atoms with E-state index in [9.17, 15) is 13.2 Å². The molecule has 0 saturated carbocycles. The predicted octanol–water partition coefficient (Wildman–Crippen LogP) is 1.15. The Bertz CT molecular complexity index is 633. The lowest BCUT2D eigenvalue weighted by atomic mass is 10.2. The van der Waals surface area contributed by atoms with Crippen LogP contribution in [0.5, 0.6) is 0 Å². The van der Waals surface area contributed by atoms with E-state index in [1.54, 1.807) is 0 Å². The number of hydrogen-bond acceptors (Lipinski definition) is 4. The number of ether oxygens (including phenoxy) is 1. The van der Waals surface area contributed by atoms with Gasteiger partial charge in [0.15, 0.2) is 0 Å². The summed E-state index contributed by atoms with van der Waals surface area (Å²) in [5.74, 6) is -1.19. The molecule has 7 nitrogen and oxygen atoms in total. The van der Waals surface area contributed by atoms with Crippen LogP contribution >= 0.6 is 0 Å². The van der Waals surface area contributed by atoms with E-state index >= 15 is 0 Å². The molecular weight excluding hydrogens is 296 g/mol. The minimum Gasteiger partial charge on any atom is -0.477 e. The number of carboxylic acid groups (broad SMARTS) is 1. The summed E-state index contributed by atoms with van der Waals surface area (Å²) in [7, 11) is -2.34. The highest BCUT2D eigenvalue weighted by molar-refractivity contribution is 7.89. The Kier molecular flexibility index (Phi) is 5.70. The fourth-order valence-electron chi connectivity index (χ4n) is 2.11. The molecule has 0 bridgehead atoms. The van der Waals surface area contributed by atoms with Crippen molar-refractivity contribution in [1.29, 1.82) is 0 Å². The molecule has 8 heteroatoms. The van der Waals surface area contributed by atoms with E-state index in [0.29, 0.717) is 5.69 Å². The maximum Gasteiger partial charge on any atom is 0.352 e. The summed E-state index contributed by atoms with van der Waals surface area (Å²) in [6.45, 7) is 7.08. The van der Waals surface area contributed by atoms with Gasteiger partial charge in [-0.25, -0.2) is 13.2 Å². The number of aromatic amines is 1. The number of nitrogens with one attached hydrogen (secondary N) is 1. The minimum atomic E-state index is -3.82. The second-order valence-electron chi connectivity index (χ2n) is 4.53. The van der Waals surface area contributed by atoms with Crippen LogP contribution < -0.4 is 0 Å². The summed E-state index contributed by atoms with van der Waals surface area (Å²) in [4.78, 5) is 13.7. The summed E-state index contributed by atoms with van der Waals surface area (Å²) in [5, 5.41) is 9.08. The van der Waals surface area contributed by atoms with Gasteiger partial charge in [0.2, 0.25) is 10.0 Å². The highest BCUT2D eigenvalue weighted by Gasteiger charge is 2.30. The third kappa shape index (κ3) is 3.52. The number of H-pyrrole nitrogens is 1. The second-order valence-corrected chi connectivity index (χ2v) is 6.40. The van der Waals surface area contributed by atoms with Crippen LogP contribution in [0.1, 0.15) is 21.7 Å². The van der Waals surface area contributed by atoms with Gasteiger partial charge in [-0.15, -0.1) is 6.58 Å². The second kappa shape index (κ2) is 6.88. The van der Waals surface area contributed by atoms with Crippen LogP contribution in [0.4, 0.5) is 0 Å². The molecule has 0 atom stereocenters. The molecule has 0 spiro atoms. The van der Waals surface area contributed by atoms with Gasteiger partial charge in [0.25, 0.3) is 0 Å². The quantitative estimate of drug-likeness (QED) is 0.701. The summed E-state index contributed by atoms with van der Waals surface area (Å²) < 4.78 is 31.5. The van der Waals surface area contributed by atoms with Crippen LogP contribution in [-0.4, -0.2) is 55.6 Å². The first-order chi connectivity index (χ1) is 9.77. The highest BCUT2D eigenvalue weighted by atomic mass is 32.2. The van der Waals surface area contributed by atoms with Gasteiger partial charge < -0.3 is 14.8 Å². The maximum absolute atomic E-state index is 12.7. The fraction of sp³-hybridized carbons (Fsp3) is 0.462. The van der Waals surface area contributed by atoms with Crippen LogP contribution in [0, 0.1) is 13.8 Å². The van der Waals surface area contributed by atoms with E-state index in [-0.39, 0.29) is 35.8 Å². The van der Waals surface area contributed by atoms with E-state index in [0.717, 1.165) is 0 Å². The molecule has 1 heterocycles. The molecular formula is C13H20N2O5S. The number of hydrogen-bond donors (Lipinski definition) is 2. The zero-order valence-electron chi connectivity index (χ0n) is 12.3. The van der Waals surface area contributed by atoms with Crippen molar-refractivity contribution in [2.75, 3.05) is 26.8 Å². The van der Waals surface area contributed by atoms with Crippen LogP contribution in [-0.2, 0) is 14.8 Å². The molecule has 2 N–H and O–H groups in total. The molecule has 0 aromatic carbocycles. The van der Waals surface area contributed by atoms with Crippen LogP contribution in [0.3, 0.4) is 0 Å². The molecule has 1 aromatic heterocycles. The zero-order valence-corrected chi connectivity index (χ0v) is 13.2. The number of aromatic nitrogens is 1. The van der Waals surface area contributed by atoms with Crippen molar-refractivity contribution in [3.8, 4) is 0 Å². The third-order valence-corrected chi connectivity index (χ3v) is 5.20. The van der Waals surface area contributed by atoms with Crippen LogP contribution in [0.2, 0.25) is 0 Å². The lowest BCUT2D eigenvalue weighted by Crippen LogP contribution is -2.34. The van der Waals surface area contributed by atoms with Gasteiger partial charge >= 0.3 is 5.97 Å². The molecule has 0 fully saturated rings. The Hall–Kier alpha value is -1.64. The van der Waals surface area contributed by atoms with Crippen molar-refractivity contribution < 1.29 is 23.1 Å². The highest BCUT2D eigenvalue weighted by Crippen LogP contribution is 2.26. The van der Waals surface area contributed by atoms with Crippen LogP contribution in [0.15, 0.2) is 17.6 Å². The topological polar surface area (TPSA) is 99.7 Å². The van der Waals surface area contributed by atoms with Gasteiger partial charge in [0.05, 0.1) is 6.61 Å². The molecule has 21 heavy (non-hydrogen) atoms. The van der Waals surface area contributed by atoms with E-state index in [1.165, 1.54) is 31.3 Å². The molecule has 1 aromatic rings. The van der Waals surface area contributed by atoms with Gasteiger partial charge in [0.1, 0.15) is 10.6 Å². The number of rotatable bonds is 8. The molecule has 0 amide bonds. The van der Waals surface area contributed by atoms with Gasteiger partial charge in [0, 0.05) is 31.5 Å². The molecule has 118 valence electrons. The molecule has 0 saturated heterocycles. The standard InChI is InChI=1S/C13H20N2O5S/c1-5-6-15(7-8-20-4)21(18,19)12-9(2)11(13(16)17)14-10(12)3/h5,14H,1,6-8H2,2-4H3,(H,16,17). The number of carbonyl (C=O) groups is 1. The van der Waals surface area contributed by atoms with Gasteiger partial charge in [-0.1, -0.05) is 6.08 Å². The summed E-state index contributed by atoms with van der Waals surface area (Å²) in [6.07, 6.45) is 1.47. The van der Waals surface area contributed by atoms with E-state index < -0.39 is 16.0 Å². The Labute approximate surface area is 124 Å². The molecule has 0 aliphatic rings. The Balaban J connectivity index is 3.34. The maximum atomic E-state index is 12.7. The molecule has 1 rings (SSSR count). The summed E-state index contributed by atoms with van der Waals surface area (Å²) in [5.41, 5.74) is 0.388. The largest absolute Gasteiger partial charge is 0.477 e. The Morgan fingerprint density at radius 3 is 2.52 bits per heavy atom. The van der Waals surface area contributed by atoms with Crippen LogP contribution in [0.25, 0.3) is 0 Å². The number of carboxylic acids is 1. The molecule has 0 aliphatic heterocycles. The van der Waals surface area contributed by atoms with Crippen molar-refractivity contribution in [2.24, 2.45) is 0 Å². The monoisotopic (exact) mass is 316 g/mol. The third-order valence-electron chi connectivity index (χ3n) is 3.06. The Morgan fingerprint density at radius 2 is 2.10 bits per heavy atom. The first-order valence-corrected chi connectivity index (χ1v) is 7.73. The van der Waals surface area contributed by atoms with E-state index in [1.807, 2.05) is 0 Å². The average Bonchev–Trinajstić information content (AvgIpc) is 2.70. The van der Waals surface area contributed by atoms with Gasteiger partial charge in [-0.05, 0) is 13.8 Å². The normalized spacial score (nSPS) is 11.8. The fourth-order valence-corrected chi connectivity index (χ4v) is 3.91.